The number of rotatable bonds is 5. The molecule has 0 saturated carbocycles. The molecule has 0 spiro atoms. The monoisotopic (exact) mass is 385 g/mol. The average molecular weight is 385 g/mol. The van der Waals surface area contributed by atoms with E-state index in [1.165, 1.54) is 24.7 Å². The molecule has 0 radical (unpaired) electrons. The molecule has 1 unspecified atom stereocenters. The van der Waals surface area contributed by atoms with E-state index >= 15 is 0 Å². The van der Waals surface area contributed by atoms with E-state index in [0.29, 0.717) is 22.5 Å². The minimum absolute atomic E-state index is 0.345. The van der Waals surface area contributed by atoms with Gasteiger partial charge in [-0.15, -0.1) is 0 Å². The Kier molecular flexibility index (Phi) is 5.69. The van der Waals surface area contributed by atoms with Gasteiger partial charge in [0.1, 0.15) is 6.26 Å². The van der Waals surface area contributed by atoms with E-state index in [1.807, 2.05) is 0 Å². The highest BCUT2D eigenvalue weighted by molar-refractivity contribution is 6.04. The van der Waals surface area contributed by atoms with Crippen LogP contribution < -0.4 is 16.0 Å². The lowest BCUT2D eigenvalue weighted by Crippen LogP contribution is -2.31. The number of amides is 3. The highest BCUT2D eigenvalue weighted by Gasteiger charge is 2.13. The molecule has 0 aliphatic rings. The van der Waals surface area contributed by atoms with E-state index < -0.39 is 23.7 Å². The number of carbonyl (C=O) groups excluding carboxylic acids is 2. The molecule has 3 aromatic rings. The van der Waals surface area contributed by atoms with Gasteiger partial charge < -0.3 is 20.4 Å². The fourth-order valence-corrected chi connectivity index (χ4v) is 2.50. The van der Waals surface area contributed by atoms with Crippen molar-refractivity contribution in [2.75, 3.05) is 10.6 Å². The fraction of sp³-hybridized carbons (Fsp3) is 0.100. The molecule has 1 heterocycles. The van der Waals surface area contributed by atoms with E-state index in [0.717, 1.165) is 12.1 Å². The number of benzene rings is 2. The van der Waals surface area contributed by atoms with E-state index in [2.05, 4.69) is 16.0 Å². The van der Waals surface area contributed by atoms with Crippen molar-refractivity contribution in [1.82, 2.24) is 5.32 Å². The Morgan fingerprint density at radius 3 is 2.39 bits per heavy atom. The third kappa shape index (κ3) is 4.73. The van der Waals surface area contributed by atoms with Gasteiger partial charge in [-0.2, -0.15) is 0 Å². The Hall–Kier alpha value is -3.68. The molecule has 28 heavy (non-hydrogen) atoms. The predicted molar refractivity (Wildman–Crippen MR) is 100 cm³/mol. The first-order chi connectivity index (χ1) is 13.4. The maximum Gasteiger partial charge on any atom is 0.319 e. The van der Waals surface area contributed by atoms with Crippen LogP contribution in [0.25, 0.3) is 0 Å². The second-order valence-corrected chi connectivity index (χ2v) is 6.04. The standard InChI is InChI=1S/C20H17F2N3O3/c1-12(13-5-6-17(21)18(22)9-13)23-20(27)25-16-4-2-3-15(10-16)24-19(26)14-7-8-28-11-14/h2-12H,1H3,(H,24,26)(H2,23,25,27). The van der Waals surface area contributed by atoms with Gasteiger partial charge in [0, 0.05) is 11.4 Å². The van der Waals surface area contributed by atoms with Crippen molar-refractivity contribution in [2.24, 2.45) is 0 Å². The molecule has 1 aromatic heterocycles. The zero-order valence-corrected chi connectivity index (χ0v) is 14.8. The summed E-state index contributed by atoms with van der Waals surface area (Å²) in [6, 6.07) is 10.5. The molecule has 144 valence electrons. The Morgan fingerprint density at radius 1 is 0.964 bits per heavy atom. The van der Waals surface area contributed by atoms with Crippen molar-refractivity contribution in [3.63, 3.8) is 0 Å². The molecule has 8 heteroatoms. The van der Waals surface area contributed by atoms with Crippen LogP contribution in [0.15, 0.2) is 65.5 Å². The van der Waals surface area contributed by atoms with Gasteiger partial charge in [0.15, 0.2) is 11.6 Å². The van der Waals surface area contributed by atoms with Gasteiger partial charge in [0.2, 0.25) is 0 Å². The van der Waals surface area contributed by atoms with Crippen LogP contribution in [-0.4, -0.2) is 11.9 Å². The van der Waals surface area contributed by atoms with Crippen LogP contribution in [-0.2, 0) is 0 Å². The van der Waals surface area contributed by atoms with E-state index in [-0.39, 0.29) is 5.91 Å². The molecule has 2 aromatic carbocycles. The molecule has 6 nitrogen and oxygen atoms in total. The normalized spacial score (nSPS) is 11.5. The van der Waals surface area contributed by atoms with Gasteiger partial charge in [-0.05, 0) is 48.9 Å². The highest BCUT2D eigenvalue weighted by Crippen LogP contribution is 2.18. The van der Waals surface area contributed by atoms with Gasteiger partial charge in [-0.25, -0.2) is 13.6 Å². The van der Waals surface area contributed by atoms with Crippen LogP contribution in [0.4, 0.5) is 25.0 Å². The maximum atomic E-state index is 13.3. The Labute approximate surface area is 159 Å². The summed E-state index contributed by atoms with van der Waals surface area (Å²) >= 11 is 0. The lowest BCUT2D eigenvalue weighted by atomic mass is 10.1. The summed E-state index contributed by atoms with van der Waals surface area (Å²) in [6.45, 7) is 1.65. The second kappa shape index (κ2) is 8.34. The van der Waals surface area contributed by atoms with Crippen molar-refractivity contribution in [1.29, 1.82) is 0 Å². The van der Waals surface area contributed by atoms with Crippen molar-refractivity contribution in [3.8, 4) is 0 Å². The molecule has 0 aliphatic heterocycles. The number of hydrogen-bond acceptors (Lipinski definition) is 3. The number of furan rings is 1. The minimum atomic E-state index is -0.979. The minimum Gasteiger partial charge on any atom is -0.472 e. The topological polar surface area (TPSA) is 83.4 Å². The van der Waals surface area contributed by atoms with Crippen molar-refractivity contribution in [3.05, 3.63) is 83.8 Å². The summed E-state index contributed by atoms with van der Waals surface area (Å²) in [7, 11) is 0. The van der Waals surface area contributed by atoms with Crippen LogP contribution in [0.1, 0.15) is 28.9 Å². The smallest absolute Gasteiger partial charge is 0.319 e. The number of nitrogens with one attached hydrogen (secondary N) is 3. The van der Waals surface area contributed by atoms with Crippen LogP contribution in [0, 0.1) is 11.6 Å². The summed E-state index contributed by atoms with van der Waals surface area (Å²) in [6.07, 6.45) is 2.72. The Bertz CT molecular complexity index is 990. The van der Waals surface area contributed by atoms with Gasteiger partial charge in [-0.1, -0.05) is 12.1 Å². The van der Waals surface area contributed by atoms with Gasteiger partial charge in [0.05, 0.1) is 17.9 Å². The molecule has 3 amide bonds. The zero-order valence-electron chi connectivity index (χ0n) is 14.8. The van der Waals surface area contributed by atoms with E-state index in [9.17, 15) is 18.4 Å². The molecule has 3 rings (SSSR count). The summed E-state index contributed by atoms with van der Waals surface area (Å²) in [5.74, 6) is -2.27. The molecule has 3 N–H and O–H groups in total. The van der Waals surface area contributed by atoms with Gasteiger partial charge in [-0.3, -0.25) is 4.79 Å². The lowest BCUT2D eigenvalue weighted by molar-refractivity contribution is 0.102. The van der Waals surface area contributed by atoms with Gasteiger partial charge >= 0.3 is 6.03 Å². The number of carbonyl (C=O) groups is 2. The third-order valence-electron chi connectivity index (χ3n) is 3.95. The zero-order chi connectivity index (χ0) is 20.1. The molecule has 0 bridgehead atoms. The van der Waals surface area contributed by atoms with Crippen LogP contribution >= 0.6 is 0 Å². The number of halogens is 2. The first-order valence-corrected chi connectivity index (χ1v) is 8.38. The van der Waals surface area contributed by atoms with Crippen molar-refractivity contribution >= 4 is 23.3 Å². The Balaban J connectivity index is 1.60. The summed E-state index contributed by atoms with van der Waals surface area (Å²) in [5.41, 5.74) is 1.73. The summed E-state index contributed by atoms with van der Waals surface area (Å²) < 4.78 is 31.2. The molecular weight excluding hydrogens is 368 g/mol. The molecular formula is C20H17F2N3O3. The largest absolute Gasteiger partial charge is 0.472 e. The van der Waals surface area contributed by atoms with Crippen LogP contribution in [0.2, 0.25) is 0 Å². The summed E-state index contributed by atoms with van der Waals surface area (Å²) in [4.78, 5) is 24.2. The second-order valence-electron chi connectivity index (χ2n) is 6.04. The number of hydrogen-bond donors (Lipinski definition) is 3. The van der Waals surface area contributed by atoms with Crippen molar-refractivity contribution in [2.45, 2.75) is 13.0 Å². The summed E-state index contributed by atoms with van der Waals surface area (Å²) in [5, 5.41) is 7.95. The molecule has 0 aliphatic carbocycles. The quantitative estimate of drug-likeness (QED) is 0.596. The predicted octanol–water partition coefficient (Wildman–Crippen LogP) is 4.69. The van der Waals surface area contributed by atoms with Crippen LogP contribution in [0.3, 0.4) is 0 Å². The lowest BCUT2D eigenvalue weighted by Gasteiger charge is -2.15. The van der Waals surface area contributed by atoms with Gasteiger partial charge in [0.25, 0.3) is 5.91 Å². The molecule has 1 atom stereocenters. The fourth-order valence-electron chi connectivity index (χ4n) is 2.50. The van der Waals surface area contributed by atoms with E-state index in [4.69, 9.17) is 4.42 Å². The maximum absolute atomic E-state index is 13.3. The number of anilines is 2. The molecule has 0 saturated heterocycles. The third-order valence-corrected chi connectivity index (χ3v) is 3.95. The highest BCUT2D eigenvalue weighted by atomic mass is 19.2. The average Bonchev–Trinajstić information content (AvgIpc) is 3.19. The number of urea groups is 1. The van der Waals surface area contributed by atoms with Crippen LogP contribution in [0.5, 0.6) is 0 Å². The first-order valence-electron chi connectivity index (χ1n) is 8.38. The Morgan fingerprint density at radius 2 is 1.71 bits per heavy atom. The van der Waals surface area contributed by atoms with Crippen molar-refractivity contribution < 1.29 is 22.8 Å². The SMILES string of the molecule is CC(NC(=O)Nc1cccc(NC(=O)c2ccoc2)c1)c1ccc(F)c(F)c1. The first kappa shape index (κ1) is 19.1. The van der Waals surface area contributed by atoms with E-state index in [1.54, 1.807) is 31.2 Å². The molecule has 0 fully saturated rings.